The Morgan fingerprint density at radius 1 is 0.569 bits per heavy atom. The van der Waals surface area contributed by atoms with Crippen LogP contribution in [0, 0.1) is 0 Å². The summed E-state index contributed by atoms with van der Waals surface area (Å²) in [5.41, 5.74) is -2.89. The maximum atomic E-state index is 13.8. The molecular formula is C47H44F6N8O9S2. The Hall–Kier alpha value is -7.54. The number of aromatic nitrogens is 4. The minimum absolute atomic E-state index is 0.0391. The molecule has 2 aromatic carbocycles. The van der Waals surface area contributed by atoms with Gasteiger partial charge in [0.1, 0.15) is 47.1 Å². The van der Waals surface area contributed by atoms with Gasteiger partial charge in [-0.2, -0.15) is 43.2 Å². The number of ether oxygens (including phenoxy) is 2. The number of ketones is 1. The molecule has 0 saturated carbocycles. The molecule has 0 amide bonds. The van der Waals surface area contributed by atoms with E-state index in [1.165, 1.54) is 72.5 Å². The first-order valence-corrected chi connectivity index (χ1v) is 24.9. The average molecular weight is 1040 g/mol. The lowest BCUT2D eigenvalue weighted by molar-refractivity contribution is -0.138. The van der Waals surface area contributed by atoms with Crippen molar-refractivity contribution in [1.82, 2.24) is 19.9 Å². The van der Waals surface area contributed by atoms with Crippen LogP contribution >= 0.6 is 0 Å². The molecule has 2 aliphatic heterocycles. The molecule has 380 valence electrons. The molecule has 0 saturated heterocycles. The van der Waals surface area contributed by atoms with Gasteiger partial charge in [0.25, 0.3) is 20.0 Å². The highest BCUT2D eigenvalue weighted by Crippen LogP contribution is 2.42. The minimum atomic E-state index is -4.75. The molecule has 8 rings (SSSR count). The molecule has 0 unspecified atom stereocenters. The highest BCUT2D eigenvalue weighted by molar-refractivity contribution is 7.93. The highest BCUT2D eigenvalue weighted by Gasteiger charge is 2.37. The molecule has 0 aliphatic carbocycles. The number of nitrogens with zero attached hydrogens (tertiary/aromatic N) is 6. The van der Waals surface area contributed by atoms with Crippen LogP contribution in [0.3, 0.4) is 0 Å². The Balaban J connectivity index is 0.000000211. The highest BCUT2D eigenvalue weighted by atomic mass is 32.2. The van der Waals surface area contributed by atoms with Gasteiger partial charge in [-0.25, -0.2) is 19.9 Å². The number of aliphatic carboxylic acids is 1. The largest absolute Gasteiger partial charge is 0.493 e. The maximum Gasteiger partial charge on any atom is 0.418 e. The normalized spacial score (nSPS) is 15.8. The summed E-state index contributed by atoms with van der Waals surface area (Å²) in [6.45, 7) is 2.06. The van der Waals surface area contributed by atoms with Gasteiger partial charge in [0.2, 0.25) is 0 Å². The summed E-state index contributed by atoms with van der Waals surface area (Å²) < 4.78 is 151. The monoisotopic (exact) mass is 1040 g/mol. The van der Waals surface area contributed by atoms with Crippen molar-refractivity contribution in [2.24, 2.45) is 0 Å². The van der Waals surface area contributed by atoms with Crippen molar-refractivity contribution >= 4 is 55.1 Å². The molecule has 0 spiro atoms. The number of hydrogen-bond donors (Lipinski definition) is 3. The van der Waals surface area contributed by atoms with Crippen molar-refractivity contribution in [3.63, 3.8) is 0 Å². The molecule has 0 atom stereocenters. The summed E-state index contributed by atoms with van der Waals surface area (Å²) in [4.78, 5) is 42.6. The summed E-state index contributed by atoms with van der Waals surface area (Å²) >= 11 is 0. The fraction of sp³-hybridized carbons (Fsp3) is 0.277. The second-order valence-electron chi connectivity index (χ2n) is 16.1. The number of halogens is 6. The molecule has 25 heteroatoms. The van der Waals surface area contributed by atoms with Gasteiger partial charge in [0.15, 0.2) is 10.1 Å². The lowest BCUT2D eigenvalue weighted by atomic mass is 10.0. The number of anilines is 4. The minimum Gasteiger partial charge on any atom is -0.493 e. The number of carboxylic acid groups (broad SMARTS) is 1. The number of Topliss-reactive ketones (excluding diaryl/α,β-unsaturated/α-hetero) is 1. The first-order chi connectivity index (χ1) is 34.1. The number of carbonyl (C=O) groups excluding carboxylic acids is 1. The second-order valence-corrected chi connectivity index (χ2v) is 19.4. The fourth-order valence-electron chi connectivity index (χ4n) is 7.47. The quantitative estimate of drug-likeness (QED) is 0.141. The van der Waals surface area contributed by atoms with Crippen LogP contribution in [0.15, 0.2) is 119 Å². The van der Waals surface area contributed by atoms with Crippen molar-refractivity contribution in [2.75, 3.05) is 58.6 Å². The number of nitrogens with one attached hydrogen (secondary N) is 2. The lowest BCUT2D eigenvalue weighted by Crippen LogP contribution is -2.32. The predicted molar refractivity (Wildman–Crippen MR) is 252 cm³/mol. The first kappa shape index (κ1) is 52.3. The van der Waals surface area contributed by atoms with Crippen molar-refractivity contribution in [3.8, 4) is 34.0 Å². The third-order valence-corrected chi connectivity index (χ3v) is 13.2. The number of benzene rings is 2. The molecular weight excluding hydrogens is 999 g/mol. The summed E-state index contributed by atoms with van der Waals surface area (Å²) in [6.07, 6.45) is -7.49. The number of pyridine rings is 4. The standard InChI is InChI=1S/C24H23F3N4O4S.C23H21F3N4O5S/c1-16(32)15-31-13-4-5-14-35-19-8-3-2-7-17(19)23-18(24(25,26)27)11-12-20(28-23)30-36(33,34)22-10-6-9-21(31)29-22;24-23(25,26)16-10-11-18-27-22(16)15-6-1-2-7-17(15)35-13-4-3-12-30(14-21(31)32)19-8-5-9-20(28-19)36(33,34)29-18/h2-3,6-12H,4-5,13-15H2,1H3,(H,28,30);1-2,5-11H,3-4,12-14H2,(H,27,29)(H,31,32). The van der Waals surface area contributed by atoms with E-state index in [9.17, 15) is 57.9 Å². The van der Waals surface area contributed by atoms with Crippen LogP contribution in [0.4, 0.5) is 49.6 Å². The Morgan fingerprint density at radius 2 is 0.986 bits per heavy atom. The van der Waals surface area contributed by atoms with Crippen molar-refractivity contribution in [3.05, 3.63) is 120 Å². The van der Waals surface area contributed by atoms with E-state index in [2.05, 4.69) is 29.4 Å². The van der Waals surface area contributed by atoms with Crippen LogP contribution in [0.5, 0.6) is 11.5 Å². The zero-order valence-corrected chi connectivity index (χ0v) is 39.6. The van der Waals surface area contributed by atoms with Crippen LogP contribution in [0.1, 0.15) is 43.7 Å². The zero-order chi connectivity index (χ0) is 51.8. The lowest BCUT2D eigenvalue weighted by Gasteiger charge is -2.23. The van der Waals surface area contributed by atoms with Gasteiger partial charge in [-0.15, -0.1) is 0 Å². The molecule has 17 nitrogen and oxygen atoms in total. The number of carbonyl (C=O) groups is 2. The third-order valence-electron chi connectivity index (χ3n) is 10.7. The molecule has 3 N–H and O–H groups in total. The van der Waals surface area contributed by atoms with Gasteiger partial charge in [0.05, 0.1) is 42.3 Å². The third kappa shape index (κ3) is 13.0. The maximum absolute atomic E-state index is 13.8. The zero-order valence-electron chi connectivity index (χ0n) is 37.9. The molecule has 72 heavy (non-hydrogen) atoms. The molecule has 4 aromatic heterocycles. The summed E-state index contributed by atoms with van der Waals surface area (Å²) in [7, 11) is -8.68. The van der Waals surface area contributed by atoms with Gasteiger partial charge in [0, 0.05) is 24.2 Å². The van der Waals surface area contributed by atoms with Gasteiger partial charge < -0.3 is 24.4 Å². The number of rotatable bonds is 4. The van der Waals surface area contributed by atoms with E-state index < -0.39 is 72.5 Å². The SMILES string of the molecule is CC(=O)CN1CCCCOc2ccccc2-c2nc(ccc2C(F)(F)F)NS(=O)(=O)c2cccc1n2.O=C(O)CN1CCCCOc2ccccc2-c2nc(ccc2C(F)(F)F)NS(=O)(=O)c2cccc1n2. The number of alkyl halides is 6. The Labute approximate surface area is 409 Å². The van der Waals surface area contributed by atoms with Gasteiger partial charge >= 0.3 is 18.3 Å². The van der Waals surface area contributed by atoms with Crippen molar-refractivity contribution in [1.29, 1.82) is 0 Å². The Bertz CT molecular complexity index is 2970. The van der Waals surface area contributed by atoms with E-state index >= 15 is 0 Å². The topological polar surface area (TPSA) is 223 Å². The van der Waals surface area contributed by atoms with Crippen LogP contribution in [-0.4, -0.2) is 93.0 Å². The molecule has 8 bridgehead atoms. The van der Waals surface area contributed by atoms with E-state index in [1.807, 2.05) is 0 Å². The van der Waals surface area contributed by atoms with E-state index in [4.69, 9.17) is 9.47 Å². The number of fused-ring (bicyclic) bond motifs is 12. The van der Waals surface area contributed by atoms with Gasteiger partial charge in [-0.1, -0.05) is 36.4 Å². The Morgan fingerprint density at radius 3 is 1.39 bits per heavy atom. The van der Waals surface area contributed by atoms with Crippen LogP contribution < -0.4 is 28.7 Å². The molecule has 0 fully saturated rings. The first-order valence-electron chi connectivity index (χ1n) is 21.9. The smallest absolute Gasteiger partial charge is 0.418 e. The van der Waals surface area contributed by atoms with Crippen LogP contribution in [-0.2, 0) is 42.0 Å². The summed E-state index contributed by atoms with van der Waals surface area (Å²) in [5.74, 6) is -1.16. The molecule has 6 heterocycles. The van der Waals surface area contributed by atoms with E-state index in [-0.39, 0.29) is 83.0 Å². The van der Waals surface area contributed by atoms with Crippen LogP contribution in [0.25, 0.3) is 22.5 Å². The van der Waals surface area contributed by atoms with Crippen LogP contribution in [0.2, 0.25) is 0 Å². The van der Waals surface area contributed by atoms with E-state index in [0.717, 1.165) is 24.3 Å². The molecule has 2 aliphatic rings. The van der Waals surface area contributed by atoms with Gasteiger partial charge in [-0.05, 0) is 105 Å². The average Bonchev–Trinajstić information content (AvgIpc) is 3.32. The fourth-order valence-corrected chi connectivity index (χ4v) is 9.40. The number of sulfonamides is 2. The van der Waals surface area contributed by atoms with Crippen molar-refractivity contribution in [2.45, 2.75) is 55.0 Å². The predicted octanol–water partition coefficient (Wildman–Crippen LogP) is 8.56. The number of carboxylic acids is 1. The number of para-hydroxylation sites is 2. The molecule has 0 radical (unpaired) electrons. The molecule has 6 aromatic rings. The Kier molecular flexibility index (Phi) is 15.9. The summed E-state index contributed by atoms with van der Waals surface area (Å²) in [5, 5.41) is 8.50. The summed E-state index contributed by atoms with van der Waals surface area (Å²) in [6, 6.07) is 24.0. The second kappa shape index (κ2) is 21.8. The van der Waals surface area contributed by atoms with Crippen molar-refractivity contribution < 1.29 is 67.3 Å². The van der Waals surface area contributed by atoms with E-state index in [1.54, 1.807) is 29.2 Å². The van der Waals surface area contributed by atoms with Gasteiger partial charge in [-0.3, -0.25) is 19.0 Å². The number of hydrogen-bond acceptors (Lipinski definition) is 14. The van der Waals surface area contributed by atoms with E-state index in [0.29, 0.717) is 32.2 Å².